The van der Waals surface area contributed by atoms with Gasteiger partial charge in [-0.3, -0.25) is 0 Å². The maximum Gasteiger partial charge on any atom is 0.246 e. The molecule has 1 N–H and O–H groups in total. The van der Waals surface area contributed by atoms with Gasteiger partial charge >= 0.3 is 0 Å². The lowest BCUT2D eigenvalue weighted by Gasteiger charge is -2.42. The Morgan fingerprint density at radius 1 is 1.47 bits per heavy atom. The third-order valence-electron chi connectivity index (χ3n) is 2.55. The molecule has 94 valence electrons. The van der Waals surface area contributed by atoms with E-state index in [-0.39, 0.29) is 18.0 Å². The molecule has 1 aromatic rings. The molecule has 0 atom stereocenters. The number of nitrogens with zero attached hydrogens (tertiary/aromatic N) is 1. The Balaban J connectivity index is 2.34. The predicted molar refractivity (Wildman–Crippen MR) is 63.5 cm³/mol. The van der Waals surface area contributed by atoms with E-state index in [0.717, 1.165) is 10.4 Å². The summed E-state index contributed by atoms with van der Waals surface area (Å²) < 4.78 is 39.1. The molecule has 1 fully saturated rings. The normalized spacial score (nSPS) is 20.0. The molecule has 1 aliphatic rings. The number of hydrogen-bond acceptors (Lipinski definition) is 3. The van der Waals surface area contributed by atoms with Crippen molar-refractivity contribution in [3.05, 3.63) is 28.5 Å². The van der Waals surface area contributed by atoms with Crippen molar-refractivity contribution in [1.82, 2.24) is 4.31 Å². The first-order valence-corrected chi connectivity index (χ1v) is 7.13. The standard InChI is InChI=1S/C10H11BrFNO3S/c1-10(14)5-13(6-10)17(15,16)9-3-2-7(11)4-8(9)12/h2-4,14H,5-6H2,1H3. The average Bonchev–Trinajstić information content (AvgIpc) is 2.13. The molecule has 1 aliphatic heterocycles. The van der Waals surface area contributed by atoms with Gasteiger partial charge in [0.15, 0.2) is 0 Å². The molecule has 0 amide bonds. The summed E-state index contributed by atoms with van der Waals surface area (Å²) in [5.74, 6) is -0.800. The van der Waals surface area contributed by atoms with Crippen molar-refractivity contribution < 1.29 is 17.9 Å². The van der Waals surface area contributed by atoms with Crippen LogP contribution in [0.5, 0.6) is 0 Å². The van der Waals surface area contributed by atoms with Crippen LogP contribution in [0, 0.1) is 5.82 Å². The number of rotatable bonds is 2. The summed E-state index contributed by atoms with van der Waals surface area (Å²) in [4.78, 5) is -0.365. The number of sulfonamides is 1. The van der Waals surface area contributed by atoms with Crippen molar-refractivity contribution >= 4 is 26.0 Å². The van der Waals surface area contributed by atoms with Crippen LogP contribution in [0.15, 0.2) is 27.6 Å². The number of hydrogen-bond donors (Lipinski definition) is 1. The third kappa shape index (κ3) is 2.37. The van der Waals surface area contributed by atoms with Crippen LogP contribution in [0.1, 0.15) is 6.92 Å². The first-order valence-electron chi connectivity index (χ1n) is 4.90. The molecule has 0 saturated carbocycles. The van der Waals surface area contributed by atoms with Crippen molar-refractivity contribution in [3.8, 4) is 0 Å². The highest BCUT2D eigenvalue weighted by molar-refractivity contribution is 9.10. The molecular formula is C10H11BrFNO3S. The molecule has 7 heteroatoms. The predicted octanol–water partition coefficient (Wildman–Crippen LogP) is 1.34. The molecule has 2 rings (SSSR count). The molecule has 0 unspecified atom stereocenters. The summed E-state index contributed by atoms with van der Waals surface area (Å²) in [6.07, 6.45) is 0. The quantitative estimate of drug-likeness (QED) is 0.893. The van der Waals surface area contributed by atoms with E-state index in [4.69, 9.17) is 0 Å². The lowest BCUT2D eigenvalue weighted by molar-refractivity contribution is -0.0427. The average molecular weight is 324 g/mol. The smallest absolute Gasteiger partial charge is 0.246 e. The van der Waals surface area contributed by atoms with Crippen molar-refractivity contribution in [2.75, 3.05) is 13.1 Å². The summed E-state index contributed by atoms with van der Waals surface area (Å²) in [7, 11) is -3.84. The first-order chi connectivity index (χ1) is 7.72. The van der Waals surface area contributed by atoms with Crippen LogP contribution in [0.4, 0.5) is 4.39 Å². The lowest BCUT2D eigenvalue weighted by atomic mass is 10.0. The van der Waals surface area contributed by atoms with Gasteiger partial charge in [-0.15, -0.1) is 0 Å². The zero-order valence-electron chi connectivity index (χ0n) is 9.02. The molecule has 0 aromatic heterocycles. The first kappa shape index (κ1) is 12.9. The number of aliphatic hydroxyl groups is 1. The second-order valence-corrected chi connectivity index (χ2v) is 7.17. The molecule has 0 radical (unpaired) electrons. The second-order valence-electron chi connectivity index (χ2n) is 4.34. The zero-order valence-corrected chi connectivity index (χ0v) is 11.4. The van der Waals surface area contributed by atoms with Gasteiger partial charge in [0, 0.05) is 17.6 Å². The number of halogens is 2. The second kappa shape index (κ2) is 4.01. The van der Waals surface area contributed by atoms with E-state index in [1.165, 1.54) is 19.1 Å². The highest BCUT2D eigenvalue weighted by Crippen LogP contribution is 2.29. The maximum atomic E-state index is 13.6. The van der Waals surface area contributed by atoms with E-state index in [0.29, 0.717) is 4.47 Å². The summed E-state index contributed by atoms with van der Waals surface area (Å²) in [5, 5.41) is 9.50. The van der Waals surface area contributed by atoms with Gasteiger partial charge in [-0.1, -0.05) is 15.9 Å². The maximum absolute atomic E-state index is 13.6. The van der Waals surface area contributed by atoms with Crippen LogP contribution < -0.4 is 0 Å². The van der Waals surface area contributed by atoms with Crippen molar-refractivity contribution in [2.24, 2.45) is 0 Å². The van der Waals surface area contributed by atoms with Crippen molar-refractivity contribution in [1.29, 1.82) is 0 Å². The third-order valence-corrected chi connectivity index (χ3v) is 4.86. The Hall–Kier alpha value is -0.500. The van der Waals surface area contributed by atoms with E-state index in [2.05, 4.69) is 15.9 Å². The van der Waals surface area contributed by atoms with Gasteiger partial charge in [0.2, 0.25) is 10.0 Å². The molecule has 1 aromatic carbocycles. The molecule has 0 spiro atoms. The Kier molecular flexibility index (Phi) is 3.05. The van der Waals surface area contributed by atoms with Crippen molar-refractivity contribution in [3.63, 3.8) is 0 Å². The molecule has 0 aliphatic carbocycles. The molecule has 4 nitrogen and oxygen atoms in total. The lowest BCUT2D eigenvalue weighted by Crippen LogP contribution is -2.61. The van der Waals surface area contributed by atoms with E-state index in [9.17, 15) is 17.9 Å². The van der Waals surface area contributed by atoms with Gasteiger partial charge in [0.05, 0.1) is 5.60 Å². The van der Waals surface area contributed by atoms with E-state index in [1.807, 2.05) is 0 Å². The van der Waals surface area contributed by atoms with Crippen LogP contribution in [-0.2, 0) is 10.0 Å². The minimum Gasteiger partial charge on any atom is -0.387 e. The Labute approximate surface area is 107 Å². The fourth-order valence-electron chi connectivity index (χ4n) is 1.71. The number of β-amino-alcohol motifs (C(OH)–C–C–N with tert-alkyl or cyclic N) is 1. The Morgan fingerprint density at radius 3 is 2.53 bits per heavy atom. The molecule has 0 bridgehead atoms. The van der Waals surface area contributed by atoms with Crippen LogP contribution in [-0.4, -0.2) is 36.5 Å². The Bertz CT molecular complexity index is 551. The molecule has 1 saturated heterocycles. The fourth-order valence-corrected chi connectivity index (χ4v) is 3.76. The Morgan fingerprint density at radius 2 is 2.06 bits per heavy atom. The molecular weight excluding hydrogens is 313 g/mol. The summed E-state index contributed by atoms with van der Waals surface area (Å²) in [5.41, 5.74) is -1.01. The van der Waals surface area contributed by atoms with E-state index >= 15 is 0 Å². The van der Waals surface area contributed by atoms with Gasteiger partial charge in [0.1, 0.15) is 10.7 Å². The van der Waals surface area contributed by atoms with Gasteiger partial charge in [-0.2, -0.15) is 4.31 Å². The van der Waals surface area contributed by atoms with Crippen LogP contribution in [0.25, 0.3) is 0 Å². The summed E-state index contributed by atoms with van der Waals surface area (Å²) in [6, 6.07) is 3.78. The van der Waals surface area contributed by atoms with E-state index < -0.39 is 21.4 Å². The monoisotopic (exact) mass is 323 g/mol. The highest BCUT2D eigenvalue weighted by atomic mass is 79.9. The van der Waals surface area contributed by atoms with Gasteiger partial charge in [0.25, 0.3) is 0 Å². The summed E-state index contributed by atoms with van der Waals surface area (Å²) in [6.45, 7) is 1.52. The number of benzene rings is 1. The van der Waals surface area contributed by atoms with Gasteiger partial charge < -0.3 is 5.11 Å². The molecule has 1 heterocycles. The van der Waals surface area contributed by atoms with E-state index in [1.54, 1.807) is 0 Å². The molecule has 17 heavy (non-hydrogen) atoms. The van der Waals surface area contributed by atoms with Crippen LogP contribution >= 0.6 is 15.9 Å². The minimum atomic E-state index is -3.84. The summed E-state index contributed by atoms with van der Waals surface area (Å²) >= 11 is 3.06. The highest BCUT2D eigenvalue weighted by Gasteiger charge is 2.44. The minimum absolute atomic E-state index is 0.00909. The zero-order chi connectivity index (χ0) is 12.8. The topological polar surface area (TPSA) is 57.6 Å². The fraction of sp³-hybridized carbons (Fsp3) is 0.400. The van der Waals surface area contributed by atoms with Gasteiger partial charge in [-0.05, 0) is 25.1 Å². The van der Waals surface area contributed by atoms with Crippen LogP contribution in [0.2, 0.25) is 0 Å². The largest absolute Gasteiger partial charge is 0.387 e. The SMILES string of the molecule is CC1(O)CN(S(=O)(=O)c2ccc(Br)cc2F)C1. The van der Waals surface area contributed by atoms with Gasteiger partial charge in [-0.25, -0.2) is 12.8 Å². The van der Waals surface area contributed by atoms with Crippen molar-refractivity contribution in [2.45, 2.75) is 17.4 Å². The van der Waals surface area contributed by atoms with Crippen LogP contribution in [0.3, 0.4) is 0 Å².